The predicted octanol–water partition coefficient (Wildman–Crippen LogP) is 1.09. The maximum Gasteiger partial charge on any atom is 0.221 e. The lowest BCUT2D eigenvalue weighted by atomic mass is 9.95. The Morgan fingerprint density at radius 2 is 2.07 bits per heavy atom. The molecule has 88 valence electrons. The molecule has 0 aliphatic heterocycles. The van der Waals surface area contributed by atoms with Gasteiger partial charge in [0.25, 0.3) is 0 Å². The van der Waals surface area contributed by atoms with Gasteiger partial charge in [-0.3, -0.25) is 9.00 Å². The maximum absolute atomic E-state index is 11.4. The van der Waals surface area contributed by atoms with Crippen molar-refractivity contribution in [1.29, 1.82) is 0 Å². The van der Waals surface area contributed by atoms with Gasteiger partial charge >= 0.3 is 0 Å². The summed E-state index contributed by atoms with van der Waals surface area (Å²) < 4.78 is 21.1. The molecule has 0 heterocycles. The number of hydrogen-bond donors (Lipinski definition) is 1. The number of nitrogens with one attached hydrogen (secondary N) is 1. The second-order valence-electron chi connectivity index (χ2n) is 4.18. The van der Waals surface area contributed by atoms with Crippen LogP contribution in [0.15, 0.2) is 0 Å². The first-order valence-corrected chi connectivity index (χ1v) is 6.61. The van der Waals surface area contributed by atoms with Crippen molar-refractivity contribution in [1.82, 2.24) is 5.32 Å². The van der Waals surface area contributed by atoms with Crippen LogP contribution >= 0.6 is 0 Å². The Hall–Kier alpha value is -0.420. The fraction of sp³-hybridized carbons (Fsp3) is 0.900. The Bertz CT molecular complexity index is 239. The highest BCUT2D eigenvalue weighted by Gasteiger charge is 2.17. The SMILES string of the molecule is CC(CC(=O)NC1CCCCC1)S(=O)[O-]. The van der Waals surface area contributed by atoms with Crippen molar-refractivity contribution in [2.24, 2.45) is 0 Å². The molecule has 15 heavy (non-hydrogen) atoms. The van der Waals surface area contributed by atoms with Crippen molar-refractivity contribution in [3.8, 4) is 0 Å². The van der Waals surface area contributed by atoms with Crippen molar-refractivity contribution in [3.63, 3.8) is 0 Å². The van der Waals surface area contributed by atoms with Crippen LogP contribution in [0.2, 0.25) is 0 Å². The fourth-order valence-corrected chi connectivity index (χ4v) is 2.15. The molecule has 0 bridgehead atoms. The molecule has 1 fully saturated rings. The van der Waals surface area contributed by atoms with E-state index in [-0.39, 0.29) is 18.4 Å². The summed E-state index contributed by atoms with van der Waals surface area (Å²) in [4.78, 5) is 11.4. The van der Waals surface area contributed by atoms with E-state index in [1.807, 2.05) is 0 Å². The van der Waals surface area contributed by atoms with E-state index in [1.165, 1.54) is 6.42 Å². The lowest BCUT2D eigenvalue weighted by molar-refractivity contribution is -0.121. The van der Waals surface area contributed by atoms with E-state index in [0.717, 1.165) is 25.7 Å². The van der Waals surface area contributed by atoms with Crippen LogP contribution < -0.4 is 5.32 Å². The molecule has 0 aromatic rings. The van der Waals surface area contributed by atoms with E-state index in [2.05, 4.69) is 5.32 Å². The fourth-order valence-electron chi connectivity index (χ4n) is 1.86. The summed E-state index contributed by atoms with van der Waals surface area (Å²) in [7, 11) is 0. The van der Waals surface area contributed by atoms with Gasteiger partial charge in [0, 0.05) is 17.7 Å². The molecule has 1 aliphatic rings. The number of rotatable bonds is 4. The van der Waals surface area contributed by atoms with Gasteiger partial charge in [0.2, 0.25) is 5.91 Å². The van der Waals surface area contributed by atoms with Gasteiger partial charge in [-0.15, -0.1) is 0 Å². The van der Waals surface area contributed by atoms with E-state index >= 15 is 0 Å². The summed E-state index contributed by atoms with van der Waals surface area (Å²) >= 11 is -2.15. The Labute approximate surface area is 93.1 Å². The summed E-state index contributed by atoms with van der Waals surface area (Å²) in [6.45, 7) is 1.55. The van der Waals surface area contributed by atoms with Gasteiger partial charge in [-0.1, -0.05) is 37.3 Å². The van der Waals surface area contributed by atoms with E-state index in [9.17, 15) is 13.6 Å². The van der Waals surface area contributed by atoms with Crippen molar-refractivity contribution in [2.75, 3.05) is 0 Å². The molecule has 2 unspecified atom stereocenters. The van der Waals surface area contributed by atoms with E-state index in [0.29, 0.717) is 0 Å². The largest absolute Gasteiger partial charge is 0.772 e. The van der Waals surface area contributed by atoms with Crippen LogP contribution in [0.4, 0.5) is 0 Å². The highest BCUT2D eigenvalue weighted by Crippen LogP contribution is 2.17. The van der Waals surface area contributed by atoms with Crippen molar-refractivity contribution in [3.05, 3.63) is 0 Å². The van der Waals surface area contributed by atoms with Crippen LogP contribution in [0, 0.1) is 0 Å². The van der Waals surface area contributed by atoms with E-state index in [1.54, 1.807) is 6.92 Å². The second kappa shape index (κ2) is 6.23. The third-order valence-electron chi connectivity index (χ3n) is 2.77. The Balaban J connectivity index is 2.25. The highest BCUT2D eigenvalue weighted by atomic mass is 32.2. The molecule has 1 saturated carbocycles. The van der Waals surface area contributed by atoms with Crippen molar-refractivity contribution in [2.45, 2.75) is 56.7 Å². The molecule has 2 atom stereocenters. The number of hydrogen-bond acceptors (Lipinski definition) is 3. The molecule has 0 radical (unpaired) electrons. The maximum atomic E-state index is 11.4. The molecule has 1 amide bonds. The lowest BCUT2D eigenvalue weighted by Gasteiger charge is -2.23. The smallest absolute Gasteiger partial charge is 0.221 e. The Morgan fingerprint density at radius 3 is 2.60 bits per heavy atom. The van der Waals surface area contributed by atoms with Crippen LogP contribution in [0.5, 0.6) is 0 Å². The van der Waals surface area contributed by atoms with Gasteiger partial charge in [-0.25, -0.2) is 0 Å². The minimum absolute atomic E-state index is 0.0760. The first-order chi connectivity index (χ1) is 7.09. The summed E-state index contributed by atoms with van der Waals surface area (Å²) in [6, 6.07) is 0.263. The van der Waals surface area contributed by atoms with Crippen molar-refractivity contribution >= 4 is 17.0 Å². The molecule has 1 N–H and O–H groups in total. The van der Waals surface area contributed by atoms with Crippen LogP contribution in [0.3, 0.4) is 0 Å². The minimum atomic E-state index is -2.15. The minimum Gasteiger partial charge on any atom is -0.772 e. The van der Waals surface area contributed by atoms with E-state index in [4.69, 9.17) is 0 Å². The zero-order valence-corrected chi connectivity index (χ0v) is 9.85. The molecule has 1 aliphatic carbocycles. The second-order valence-corrected chi connectivity index (χ2v) is 5.50. The van der Waals surface area contributed by atoms with E-state index < -0.39 is 16.3 Å². The zero-order valence-electron chi connectivity index (χ0n) is 9.03. The predicted molar refractivity (Wildman–Crippen MR) is 58.0 cm³/mol. The highest BCUT2D eigenvalue weighted by molar-refractivity contribution is 7.79. The van der Waals surface area contributed by atoms with Gasteiger partial charge in [-0.05, 0) is 12.8 Å². The summed E-state index contributed by atoms with van der Waals surface area (Å²) in [6.07, 6.45) is 5.70. The third kappa shape index (κ3) is 4.75. The Morgan fingerprint density at radius 1 is 1.47 bits per heavy atom. The van der Waals surface area contributed by atoms with Crippen LogP contribution in [0.1, 0.15) is 45.4 Å². The van der Waals surface area contributed by atoms with Crippen molar-refractivity contribution < 1.29 is 13.6 Å². The molecule has 0 aromatic carbocycles. The summed E-state index contributed by atoms with van der Waals surface area (Å²) in [5.74, 6) is -0.140. The van der Waals surface area contributed by atoms with Gasteiger partial charge in [0.05, 0.1) is 0 Å². The average Bonchev–Trinajstić information content (AvgIpc) is 2.18. The summed E-state index contributed by atoms with van der Waals surface area (Å²) in [5, 5.41) is 2.30. The van der Waals surface area contributed by atoms with Crippen LogP contribution in [-0.4, -0.2) is 26.0 Å². The molecule has 0 saturated heterocycles. The number of carbonyl (C=O) groups is 1. The number of amides is 1. The molecule has 0 aromatic heterocycles. The molecule has 5 heteroatoms. The molecule has 0 spiro atoms. The molecule has 4 nitrogen and oxygen atoms in total. The molecular weight excluding hydrogens is 214 g/mol. The van der Waals surface area contributed by atoms with Crippen LogP contribution in [0.25, 0.3) is 0 Å². The van der Waals surface area contributed by atoms with Gasteiger partial charge in [0.15, 0.2) is 0 Å². The molecular formula is C10H18NO3S-. The lowest BCUT2D eigenvalue weighted by Crippen LogP contribution is -2.37. The molecule has 1 rings (SSSR count). The summed E-state index contributed by atoms with van der Waals surface area (Å²) in [5.41, 5.74) is 0. The topological polar surface area (TPSA) is 69.2 Å². The third-order valence-corrected chi connectivity index (χ3v) is 3.60. The van der Waals surface area contributed by atoms with Gasteiger partial charge < -0.3 is 9.87 Å². The van der Waals surface area contributed by atoms with Gasteiger partial charge in [0.1, 0.15) is 0 Å². The quantitative estimate of drug-likeness (QED) is 0.738. The first-order valence-electron chi connectivity index (χ1n) is 5.47. The van der Waals surface area contributed by atoms with Gasteiger partial charge in [-0.2, -0.15) is 0 Å². The zero-order chi connectivity index (χ0) is 11.3. The monoisotopic (exact) mass is 232 g/mol. The van der Waals surface area contributed by atoms with Crippen LogP contribution in [-0.2, 0) is 15.9 Å². The normalized spacial score (nSPS) is 22.0. The standard InChI is InChI=1S/C10H19NO3S/c1-8(15(13)14)7-10(12)11-9-5-3-2-4-6-9/h8-9H,2-7H2,1H3,(H,11,12)(H,13,14)/p-1. The first kappa shape index (κ1) is 12.6. The Kier molecular flexibility index (Phi) is 5.25. The number of carbonyl (C=O) groups excluding carboxylic acids is 1. The average molecular weight is 232 g/mol.